The number of amides is 1. The fraction of sp³-hybridized carbons (Fsp3) is 0.409. The molecule has 0 aliphatic carbocycles. The summed E-state index contributed by atoms with van der Waals surface area (Å²) in [5.74, 6) is 0.644. The maximum absolute atomic E-state index is 12.6. The SMILES string of the molecule is COc1cccc(C(=O)NC[C@@H](c2ccc(N(C)C)cc2)[NH+]2CCCC2)c1. The molecule has 1 aliphatic rings. The predicted molar refractivity (Wildman–Crippen MR) is 109 cm³/mol. The average molecular weight is 369 g/mol. The van der Waals surface area contributed by atoms with Gasteiger partial charge in [-0.15, -0.1) is 0 Å². The van der Waals surface area contributed by atoms with E-state index in [2.05, 4.69) is 34.5 Å². The lowest BCUT2D eigenvalue weighted by Gasteiger charge is -2.26. The van der Waals surface area contributed by atoms with E-state index in [1.54, 1.807) is 18.1 Å². The molecule has 0 saturated carbocycles. The molecule has 27 heavy (non-hydrogen) atoms. The molecule has 5 nitrogen and oxygen atoms in total. The van der Waals surface area contributed by atoms with Crippen molar-refractivity contribution in [2.24, 2.45) is 0 Å². The highest BCUT2D eigenvalue weighted by molar-refractivity contribution is 5.94. The van der Waals surface area contributed by atoms with Gasteiger partial charge >= 0.3 is 0 Å². The number of hydrogen-bond acceptors (Lipinski definition) is 3. The van der Waals surface area contributed by atoms with Gasteiger partial charge in [0.2, 0.25) is 0 Å². The van der Waals surface area contributed by atoms with Crippen molar-refractivity contribution in [3.8, 4) is 5.75 Å². The van der Waals surface area contributed by atoms with E-state index in [0.29, 0.717) is 17.9 Å². The van der Waals surface area contributed by atoms with Crippen molar-refractivity contribution in [2.45, 2.75) is 18.9 Å². The molecule has 0 bridgehead atoms. The van der Waals surface area contributed by atoms with Gasteiger partial charge in [0.1, 0.15) is 11.8 Å². The molecule has 1 heterocycles. The number of quaternary nitrogens is 1. The molecule has 2 N–H and O–H groups in total. The first-order valence-corrected chi connectivity index (χ1v) is 9.62. The maximum atomic E-state index is 12.6. The summed E-state index contributed by atoms with van der Waals surface area (Å²) < 4.78 is 5.22. The maximum Gasteiger partial charge on any atom is 0.251 e. The summed E-state index contributed by atoms with van der Waals surface area (Å²) in [6.45, 7) is 2.96. The lowest BCUT2D eigenvalue weighted by molar-refractivity contribution is -0.918. The molecule has 3 rings (SSSR count). The van der Waals surface area contributed by atoms with E-state index >= 15 is 0 Å². The van der Waals surface area contributed by atoms with Crippen LogP contribution in [0.2, 0.25) is 0 Å². The second-order valence-electron chi connectivity index (χ2n) is 7.35. The Morgan fingerprint density at radius 1 is 1.15 bits per heavy atom. The molecule has 5 heteroatoms. The van der Waals surface area contributed by atoms with E-state index in [1.807, 2.05) is 32.3 Å². The molecule has 1 aliphatic heterocycles. The predicted octanol–water partition coefficient (Wildman–Crippen LogP) is 1.91. The largest absolute Gasteiger partial charge is 0.497 e. The van der Waals surface area contributed by atoms with Crippen LogP contribution in [0.5, 0.6) is 5.75 Å². The van der Waals surface area contributed by atoms with Crippen molar-refractivity contribution < 1.29 is 14.4 Å². The first-order chi connectivity index (χ1) is 13.1. The minimum absolute atomic E-state index is 0.0533. The number of hydrogen-bond donors (Lipinski definition) is 2. The number of carbonyl (C=O) groups excluding carboxylic acids is 1. The Labute approximate surface area is 161 Å². The number of anilines is 1. The van der Waals surface area contributed by atoms with Crippen LogP contribution in [0.3, 0.4) is 0 Å². The first-order valence-electron chi connectivity index (χ1n) is 9.62. The third-order valence-electron chi connectivity index (χ3n) is 5.35. The molecule has 144 valence electrons. The van der Waals surface area contributed by atoms with Crippen LogP contribution in [0.4, 0.5) is 5.69 Å². The standard InChI is InChI=1S/C22H29N3O2/c1-24(2)19-11-9-17(10-12-19)21(25-13-4-5-14-25)16-23-22(26)18-7-6-8-20(15-18)27-3/h6-12,15,21H,4-5,13-14,16H2,1-3H3,(H,23,26)/p+1/t21-/m0/s1. The lowest BCUT2D eigenvalue weighted by Crippen LogP contribution is -3.11. The van der Waals surface area contributed by atoms with Crippen LogP contribution in [0.1, 0.15) is 34.8 Å². The van der Waals surface area contributed by atoms with Gasteiger partial charge in [0, 0.05) is 43.8 Å². The second kappa shape index (κ2) is 8.91. The van der Waals surface area contributed by atoms with Gasteiger partial charge in [0.15, 0.2) is 0 Å². The molecule has 2 aromatic carbocycles. The number of likely N-dealkylation sites (tertiary alicyclic amines) is 1. The highest BCUT2D eigenvalue weighted by Crippen LogP contribution is 2.17. The van der Waals surface area contributed by atoms with E-state index in [1.165, 1.54) is 24.1 Å². The zero-order valence-corrected chi connectivity index (χ0v) is 16.5. The summed E-state index contributed by atoms with van der Waals surface area (Å²) >= 11 is 0. The van der Waals surface area contributed by atoms with Gasteiger partial charge in [-0.2, -0.15) is 0 Å². The van der Waals surface area contributed by atoms with Crippen LogP contribution in [0, 0.1) is 0 Å². The van der Waals surface area contributed by atoms with E-state index in [-0.39, 0.29) is 11.9 Å². The van der Waals surface area contributed by atoms with Gasteiger partial charge in [-0.1, -0.05) is 18.2 Å². The van der Waals surface area contributed by atoms with Gasteiger partial charge in [-0.05, 0) is 30.3 Å². The molecule has 1 atom stereocenters. The van der Waals surface area contributed by atoms with Crippen molar-refractivity contribution in [3.05, 3.63) is 59.7 Å². The third-order valence-corrected chi connectivity index (χ3v) is 5.35. The molecule has 1 saturated heterocycles. The summed E-state index contributed by atoms with van der Waals surface area (Å²) in [6.07, 6.45) is 2.51. The number of benzene rings is 2. The van der Waals surface area contributed by atoms with Crippen LogP contribution in [-0.4, -0.2) is 46.7 Å². The average Bonchev–Trinajstić information content (AvgIpc) is 3.23. The van der Waals surface area contributed by atoms with Crippen LogP contribution < -0.4 is 19.9 Å². The molecule has 1 fully saturated rings. The number of nitrogens with zero attached hydrogens (tertiary/aromatic N) is 1. The van der Waals surface area contributed by atoms with Gasteiger partial charge in [0.25, 0.3) is 5.91 Å². The van der Waals surface area contributed by atoms with Crippen LogP contribution >= 0.6 is 0 Å². The molecule has 0 spiro atoms. The van der Waals surface area contributed by atoms with Crippen molar-refractivity contribution in [1.29, 1.82) is 0 Å². The molecule has 0 aromatic heterocycles. The number of ether oxygens (including phenoxy) is 1. The summed E-state index contributed by atoms with van der Waals surface area (Å²) in [6, 6.07) is 16.3. The zero-order valence-electron chi connectivity index (χ0n) is 16.5. The Balaban J connectivity index is 1.72. The minimum Gasteiger partial charge on any atom is -0.497 e. The van der Waals surface area contributed by atoms with E-state index in [9.17, 15) is 4.79 Å². The Bertz CT molecular complexity index is 752. The Morgan fingerprint density at radius 2 is 1.85 bits per heavy atom. The topological polar surface area (TPSA) is 46.0 Å². The quantitative estimate of drug-likeness (QED) is 0.785. The monoisotopic (exact) mass is 368 g/mol. The van der Waals surface area contributed by atoms with Crippen molar-refractivity contribution in [2.75, 3.05) is 45.7 Å². The van der Waals surface area contributed by atoms with Crippen LogP contribution in [-0.2, 0) is 0 Å². The molecular formula is C22H30N3O2+. The number of methoxy groups -OCH3 is 1. The Hall–Kier alpha value is -2.53. The fourth-order valence-electron chi connectivity index (χ4n) is 3.74. The van der Waals surface area contributed by atoms with E-state index in [4.69, 9.17) is 4.74 Å². The number of rotatable bonds is 7. The van der Waals surface area contributed by atoms with Crippen LogP contribution in [0.25, 0.3) is 0 Å². The summed E-state index contributed by atoms with van der Waals surface area (Å²) in [7, 11) is 5.71. The van der Waals surface area contributed by atoms with E-state index < -0.39 is 0 Å². The van der Waals surface area contributed by atoms with E-state index in [0.717, 1.165) is 13.1 Å². The molecule has 2 aromatic rings. The van der Waals surface area contributed by atoms with Crippen LogP contribution in [0.15, 0.2) is 48.5 Å². The third kappa shape index (κ3) is 4.80. The second-order valence-corrected chi connectivity index (χ2v) is 7.35. The molecule has 0 unspecified atom stereocenters. The van der Waals surface area contributed by atoms with Crippen molar-refractivity contribution >= 4 is 11.6 Å². The van der Waals surface area contributed by atoms with Gasteiger partial charge < -0.3 is 19.9 Å². The molecule has 0 radical (unpaired) electrons. The minimum atomic E-state index is -0.0533. The fourth-order valence-corrected chi connectivity index (χ4v) is 3.74. The van der Waals surface area contributed by atoms with Gasteiger partial charge in [-0.3, -0.25) is 4.79 Å². The molecule has 1 amide bonds. The number of carbonyl (C=O) groups is 1. The highest BCUT2D eigenvalue weighted by atomic mass is 16.5. The smallest absolute Gasteiger partial charge is 0.251 e. The van der Waals surface area contributed by atoms with Gasteiger partial charge in [0.05, 0.1) is 26.7 Å². The Kier molecular flexibility index (Phi) is 6.35. The normalized spacial score (nSPS) is 15.4. The lowest BCUT2D eigenvalue weighted by atomic mass is 10.0. The summed E-state index contributed by atoms with van der Waals surface area (Å²) in [5.41, 5.74) is 3.10. The summed E-state index contributed by atoms with van der Waals surface area (Å²) in [4.78, 5) is 16.3. The molecular weight excluding hydrogens is 338 g/mol. The van der Waals surface area contributed by atoms with Crippen molar-refractivity contribution in [1.82, 2.24) is 5.32 Å². The number of nitrogens with one attached hydrogen (secondary N) is 2. The highest BCUT2D eigenvalue weighted by Gasteiger charge is 2.28. The first kappa shape index (κ1) is 19.2. The van der Waals surface area contributed by atoms with Crippen molar-refractivity contribution in [3.63, 3.8) is 0 Å². The summed E-state index contributed by atoms with van der Waals surface area (Å²) in [5, 5.41) is 3.14. The zero-order chi connectivity index (χ0) is 19.2. The van der Waals surface area contributed by atoms with Gasteiger partial charge in [-0.25, -0.2) is 0 Å². The Morgan fingerprint density at radius 3 is 2.48 bits per heavy atom.